The second kappa shape index (κ2) is 6.83. The van der Waals surface area contributed by atoms with E-state index in [1.165, 1.54) is 16.3 Å². The van der Waals surface area contributed by atoms with E-state index in [0.717, 1.165) is 6.54 Å². The highest BCUT2D eigenvalue weighted by molar-refractivity contribution is 7.84. The Labute approximate surface area is 117 Å². The average molecular weight is 275 g/mol. The largest absolute Gasteiger partial charge is 0.309 e. The van der Waals surface area contributed by atoms with Gasteiger partial charge in [-0.15, -0.1) is 0 Å². The third kappa shape index (κ3) is 3.43. The van der Waals surface area contributed by atoms with E-state index in [1.54, 1.807) is 0 Å². The van der Waals surface area contributed by atoms with Crippen LogP contribution in [0.2, 0.25) is 0 Å². The fourth-order valence-corrected chi connectivity index (χ4v) is 3.27. The molecular weight excluding hydrogens is 254 g/mol. The molecule has 0 radical (unpaired) electrons. The summed E-state index contributed by atoms with van der Waals surface area (Å²) >= 11 is 0. The quantitative estimate of drug-likeness (QED) is 0.876. The van der Waals surface area contributed by atoms with Gasteiger partial charge in [-0.25, -0.2) is 0 Å². The predicted octanol–water partition coefficient (Wildman–Crippen LogP) is 3.26. The number of fused-ring (bicyclic) bond motifs is 1. The summed E-state index contributed by atoms with van der Waals surface area (Å²) in [6, 6.07) is 14.9. The van der Waals surface area contributed by atoms with Crippen LogP contribution >= 0.6 is 0 Å². The fraction of sp³-hybridized carbons (Fsp3) is 0.375. The monoisotopic (exact) mass is 275 g/mol. The molecule has 102 valence electrons. The number of hydrogen-bond acceptors (Lipinski definition) is 2. The first-order valence-electron chi connectivity index (χ1n) is 6.82. The van der Waals surface area contributed by atoms with Crippen molar-refractivity contribution >= 4 is 21.6 Å². The number of hydrogen-bond donors (Lipinski definition) is 1. The van der Waals surface area contributed by atoms with Crippen molar-refractivity contribution in [1.82, 2.24) is 5.32 Å². The van der Waals surface area contributed by atoms with Gasteiger partial charge in [0, 0.05) is 28.3 Å². The zero-order chi connectivity index (χ0) is 13.7. The maximum absolute atomic E-state index is 11.9. The number of rotatable bonds is 6. The molecule has 0 saturated heterocycles. The Morgan fingerprint density at radius 3 is 2.58 bits per heavy atom. The van der Waals surface area contributed by atoms with Crippen molar-refractivity contribution in [2.45, 2.75) is 19.9 Å². The first kappa shape index (κ1) is 14.2. The summed E-state index contributed by atoms with van der Waals surface area (Å²) in [6.45, 7) is 4.95. The lowest BCUT2D eigenvalue weighted by Crippen LogP contribution is -2.26. The molecule has 2 nitrogen and oxygen atoms in total. The van der Waals surface area contributed by atoms with E-state index in [0.29, 0.717) is 11.5 Å². The molecule has 0 aliphatic rings. The van der Waals surface area contributed by atoms with Gasteiger partial charge in [0.05, 0.1) is 0 Å². The molecule has 0 spiro atoms. The molecule has 0 fully saturated rings. The van der Waals surface area contributed by atoms with Gasteiger partial charge in [0.15, 0.2) is 0 Å². The molecule has 0 aliphatic carbocycles. The van der Waals surface area contributed by atoms with Gasteiger partial charge in [-0.1, -0.05) is 56.3 Å². The van der Waals surface area contributed by atoms with Crippen LogP contribution in [0.25, 0.3) is 10.8 Å². The Hall–Kier alpha value is -1.19. The van der Waals surface area contributed by atoms with Gasteiger partial charge < -0.3 is 5.32 Å². The van der Waals surface area contributed by atoms with Crippen LogP contribution in [0.3, 0.4) is 0 Å². The summed E-state index contributed by atoms with van der Waals surface area (Å²) in [7, 11) is -0.764. The molecule has 0 heterocycles. The standard InChI is InChI=1S/C16H21NOS/c1-3-17-16(12-19(18)4-2)15-11-7-9-13-8-5-6-10-14(13)15/h5-11,16-17H,3-4,12H2,1-2H3. The maximum atomic E-state index is 11.9. The van der Waals surface area contributed by atoms with E-state index in [-0.39, 0.29) is 6.04 Å². The van der Waals surface area contributed by atoms with E-state index in [2.05, 4.69) is 54.7 Å². The van der Waals surface area contributed by atoms with Gasteiger partial charge >= 0.3 is 0 Å². The van der Waals surface area contributed by atoms with Gasteiger partial charge in [0.2, 0.25) is 0 Å². The van der Waals surface area contributed by atoms with E-state index in [4.69, 9.17) is 0 Å². The number of nitrogens with one attached hydrogen (secondary N) is 1. The summed E-state index contributed by atoms with van der Waals surface area (Å²) in [5.74, 6) is 1.39. The summed E-state index contributed by atoms with van der Waals surface area (Å²) in [6.07, 6.45) is 0. The molecule has 2 aromatic carbocycles. The van der Waals surface area contributed by atoms with Crippen LogP contribution in [0.4, 0.5) is 0 Å². The number of benzene rings is 2. The van der Waals surface area contributed by atoms with Crippen LogP contribution < -0.4 is 5.32 Å². The van der Waals surface area contributed by atoms with Gasteiger partial charge in [-0.05, 0) is 22.9 Å². The minimum absolute atomic E-state index is 0.164. The van der Waals surface area contributed by atoms with Gasteiger partial charge in [-0.2, -0.15) is 0 Å². The third-order valence-electron chi connectivity index (χ3n) is 3.32. The molecule has 0 aromatic heterocycles. The topological polar surface area (TPSA) is 29.1 Å². The van der Waals surface area contributed by atoms with Crippen LogP contribution in [0, 0.1) is 0 Å². The SMILES string of the molecule is CCNC(CS(=O)CC)c1cccc2ccccc12. The average Bonchev–Trinajstić information content (AvgIpc) is 2.46. The third-order valence-corrected chi connectivity index (χ3v) is 4.67. The van der Waals surface area contributed by atoms with E-state index < -0.39 is 10.8 Å². The van der Waals surface area contributed by atoms with Crippen molar-refractivity contribution in [1.29, 1.82) is 0 Å². The molecule has 1 N–H and O–H groups in total. The van der Waals surface area contributed by atoms with Crippen LogP contribution in [0.1, 0.15) is 25.5 Å². The Morgan fingerprint density at radius 2 is 1.84 bits per heavy atom. The summed E-state index contributed by atoms with van der Waals surface area (Å²) in [5.41, 5.74) is 1.25. The van der Waals surface area contributed by atoms with Gasteiger partial charge in [-0.3, -0.25) is 4.21 Å². The maximum Gasteiger partial charge on any atom is 0.0442 e. The summed E-state index contributed by atoms with van der Waals surface area (Å²) in [4.78, 5) is 0. The molecule has 2 aromatic rings. The lowest BCUT2D eigenvalue weighted by atomic mass is 9.99. The minimum atomic E-state index is -0.764. The first-order valence-corrected chi connectivity index (χ1v) is 8.31. The molecule has 2 rings (SSSR count). The zero-order valence-electron chi connectivity index (χ0n) is 11.6. The minimum Gasteiger partial charge on any atom is -0.309 e. The predicted molar refractivity (Wildman–Crippen MR) is 83.9 cm³/mol. The molecule has 0 bridgehead atoms. The Balaban J connectivity index is 2.40. The van der Waals surface area contributed by atoms with Crippen LogP contribution in [0.5, 0.6) is 0 Å². The second-order valence-electron chi connectivity index (χ2n) is 4.57. The van der Waals surface area contributed by atoms with Gasteiger partial charge in [0.25, 0.3) is 0 Å². The van der Waals surface area contributed by atoms with Crippen molar-refractivity contribution in [3.63, 3.8) is 0 Å². The highest BCUT2D eigenvalue weighted by Crippen LogP contribution is 2.24. The lowest BCUT2D eigenvalue weighted by Gasteiger charge is -2.19. The summed E-state index contributed by atoms with van der Waals surface area (Å²) < 4.78 is 11.9. The zero-order valence-corrected chi connectivity index (χ0v) is 12.4. The molecule has 19 heavy (non-hydrogen) atoms. The smallest absolute Gasteiger partial charge is 0.0442 e. The Morgan fingerprint density at radius 1 is 1.11 bits per heavy atom. The molecule has 2 atom stereocenters. The second-order valence-corrected chi connectivity index (χ2v) is 6.36. The highest BCUT2D eigenvalue weighted by atomic mass is 32.2. The van der Waals surface area contributed by atoms with Crippen molar-refractivity contribution in [3.05, 3.63) is 48.0 Å². The highest BCUT2D eigenvalue weighted by Gasteiger charge is 2.15. The van der Waals surface area contributed by atoms with Crippen molar-refractivity contribution in [2.75, 3.05) is 18.1 Å². The molecule has 3 heteroatoms. The molecule has 0 aliphatic heterocycles. The lowest BCUT2D eigenvalue weighted by molar-refractivity contribution is 0.598. The van der Waals surface area contributed by atoms with Crippen molar-refractivity contribution in [3.8, 4) is 0 Å². The Bertz CT molecular complexity index is 562. The molecule has 0 saturated carbocycles. The molecule has 0 amide bonds. The van der Waals surface area contributed by atoms with E-state index in [9.17, 15) is 4.21 Å². The van der Waals surface area contributed by atoms with E-state index >= 15 is 0 Å². The molecular formula is C16H21NOS. The van der Waals surface area contributed by atoms with Crippen LogP contribution in [-0.2, 0) is 10.8 Å². The first-order chi connectivity index (χ1) is 9.26. The molecule has 2 unspecified atom stereocenters. The van der Waals surface area contributed by atoms with Crippen molar-refractivity contribution < 1.29 is 4.21 Å². The van der Waals surface area contributed by atoms with Gasteiger partial charge in [0.1, 0.15) is 0 Å². The summed E-state index contributed by atoms with van der Waals surface area (Å²) in [5, 5.41) is 5.96. The van der Waals surface area contributed by atoms with Crippen LogP contribution in [-0.4, -0.2) is 22.3 Å². The van der Waals surface area contributed by atoms with Crippen LogP contribution in [0.15, 0.2) is 42.5 Å². The van der Waals surface area contributed by atoms with Crippen molar-refractivity contribution in [2.24, 2.45) is 0 Å². The fourth-order valence-electron chi connectivity index (χ4n) is 2.36. The normalized spacial score (nSPS) is 14.4. The Kier molecular flexibility index (Phi) is 5.11. The van der Waals surface area contributed by atoms with E-state index in [1.807, 2.05) is 6.92 Å².